The van der Waals surface area contributed by atoms with E-state index in [0.717, 1.165) is 25.1 Å². The zero-order chi connectivity index (χ0) is 12.8. The molecule has 6 heteroatoms. The lowest BCUT2D eigenvalue weighted by Gasteiger charge is -2.16. The van der Waals surface area contributed by atoms with Crippen molar-refractivity contribution in [1.82, 2.24) is 14.8 Å². The lowest BCUT2D eigenvalue weighted by atomic mass is 10.2. The van der Waals surface area contributed by atoms with Crippen LogP contribution in [0.3, 0.4) is 0 Å². The Bertz CT molecular complexity index is 379. The summed E-state index contributed by atoms with van der Waals surface area (Å²) >= 11 is 1.24. The number of nitrogens with zero attached hydrogens (tertiary/aromatic N) is 3. The van der Waals surface area contributed by atoms with Crippen molar-refractivity contribution in [3.63, 3.8) is 0 Å². The van der Waals surface area contributed by atoms with E-state index < -0.39 is 5.97 Å². The van der Waals surface area contributed by atoms with Gasteiger partial charge in [-0.15, -0.1) is 10.2 Å². The lowest BCUT2D eigenvalue weighted by molar-refractivity contribution is -0.133. The number of thioether (sulfide) groups is 1. The molecule has 96 valence electrons. The van der Waals surface area contributed by atoms with Gasteiger partial charge < -0.3 is 9.67 Å². The van der Waals surface area contributed by atoms with Gasteiger partial charge in [-0.3, -0.25) is 4.79 Å². The van der Waals surface area contributed by atoms with Crippen molar-refractivity contribution >= 4 is 17.7 Å². The van der Waals surface area contributed by atoms with Crippen molar-refractivity contribution in [2.24, 2.45) is 0 Å². The monoisotopic (exact) mass is 257 g/mol. The van der Waals surface area contributed by atoms with Crippen LogP contribution in [-0.2, 0) is 11.2 Å². The van der Waals surface area contributed by atoms with E-state index in [-0.39, 0.29) is 5.75 Å². The summed E-state index contributed by atoms with van der Waals surface area (Å²) in [5.41, 5.74) is 0. The normalized spacial score (nSPS) is 12.6. The number of rotatable bonds is 7. The van der Waals surface area contributed by atoms with Gasteiger partial charge >= 0.3 is 5.97 Å². The standard InChI is InChI=1S/C11H19N3O2S/c1-4-6-8(3)14-9(5-2)12-13-11(14)17-7-10(15)16/h8H,4-7H2,1-3H3,(H,15,16). The first kappa shape index (κ1) is 14.0. The van der Waals surface area contributed by atoms with Crippen LogP contribution in [0, 0.1) is 0 Å². The first-order chi connectivity index (χ1) is 8.10. The molecule has 0 aliphatic rings. The fourth-order valence-electron chi connectivity index (χ4n) is 1.76. The van der Waals surface area contributed by atoms with Crippen molar-refractivity contribution in [2.75, 3.05) is 5.75 Å². The van der Waals surface area contributed by atoms with E-state index in [1.54, 1.807) is 0 Å². The Labute approximate surface area is 106 Å². The second-order valence-electron chi connectivity index (χ2n) is 3.94. The van der Waals surface area contributed by atoms with Crippen molar-refractivity contribution in [1.29, 1.82) is 0 Å². The topological polar surface area (TPSA) is 68.0 Å². The van der Waals surface area contributed by atoms with Gasteiger partial charge in [-0.05, 0) is 13.3 Å². The molecule has 0 aliphatic carbocycles. The smallest absolute Gasteiger partial charge is 0.313 e. The molecule has 1 N–H and O–H groups in total. The molecule has 0 fully saturated rings. The Morgan fingerprint density at radius 1 is 1.47 bits per heavy atom. The van der Waals surface area contributed by atoms with Crippen molar-refractivity contribution < 1.29 is 9.90 Å². The van der Waals surface area contributed by atoms with Crippen LogP contribution < -0.4 is 0 Å². The van der Waals surface area contributed by atoms with E-state index >= 15 is 0 Å². The van der Waals surface area contributed by atoms with Crippen molar-refractivity contribution in [2.45, 2.75) is 51.2 Å². The molecule has 0 amide bonds. The molecule has 0 aromatic carbocycles. The molecule has 0 saturated carbocycles. The van der Waals surface area contributed by atoms with Gasteiger partial charge in [-0.2, -0.15) is 0 Å². The highest BCUT2D eigenvalue weighted by Crippen LogP contribution is 2.24. The average molecular weight is 257 g/mol. The van der Waals surface area contributed by atoms with E-state index in [0.29, 0.717) is 11.2 Å². The molecule has 17 heavy (non-hydrogen) atoms. The molecule has 1 atom stereocenters. The number of hydrogen-bond donors (Lipinski definition) is 1. The Kier molecular flexibility index (Phi) is 5.47. The van der Waals surface area contributed by atoms with Crippen LogP contribution in [0.25, 0.3) is 0 Å². The largest absolute Gasteiger partial charge is 0.481 e. The molecule has 0 saturated heterocycles. The molecule has 1 aromatic heterocycles. The average Bonchev–Trinajstić information content (AvgIpc) is 2.69. The Hall–Kier alpha value is -1.04. The van der Waals surface area contributed by atoms with E-state index in [9.17, 15) is 4.79 Å². The van der Waals surface area contributed by atoms with E-state index in [4.69, 9.17) is 5.11 Å². The summed E-state index contributed by atoms with van der Waals surface area (Å²) in [5, 5.41) is 17.6. The summed E-state index contributed by atoms with van der Waals surface area (Å²) in [5.74, 6) is 0.130. The van der Waals surface area contributed by atoms with Gasteiger partial charge in [0, 0.05) is 12.5 Å². The molecule has 1 rings (SSSR count). The highest BCUT2D eigenvalue weighted by Gasteiger charge is 2.16. The number of carboxylic acid groups (broad SMARTS) is 1. The van der Waals surface area contributed by atoms with Crippen molar-refractivity contribution in [3.8, 4) is 0 Å². The van der Waals surface area contributed by atoms with E-state index in [1.165, 1.54) is 11.8 Å². The first-order valence-electron chi connectivity index (χ1n) is 5.88. The molecule has 5 nitrogen and oxygen atoms in total. The van der Waals surface area contributed by atoms with Crippen LogP contribution in [0.4, 0.5) is 0 Å². The van der Waals surface area contributed by atoms with Gasteiger partial charge in [0.15, 0.2) is 5.16 Å². The first-order valence-corrected chi connectivity index (χ1v) is 6.87. The summed E-state index contributed by atoms with van der Waals surface area (Å²) < 4.78 is 2.07. The third kappa shape index (κ3) is 3.73. The fourth-order valence-corrected chi connectivity index (χ4v) is 2.54. The van der Waals surface area contributed by atoms with E-state index in [1.807, 2.05) is 6.92 Å². The summed E-state index contributed by atoms with van der Waals surface area (Å²) in [6.45, 7) is 6.29. The Balaban J connectivity index is 2.88. The number of hydrogen-bond acceptors (Lipinski definition) is 4. The number of aryl methyl sites for hydroxylation is 1. The molecular formula is C11H19N3O2S. The van der Waals surface area contributed by atoms with Gasteiger partial charge in [0.05, 0.1) is 5.75 Å². The van der Waals surface area contributed by atoms with Gasteiger partial charge in [0.2, 0.25) is 0 Å². The minimum atomic E-state index is -0.828. The van der Waals surface area contributed by atoms with E-state index in [2.05, 4.69) is 28.6 Å². The molecule has 1 unspecified atom stereocenters. The summed E-state index contributed by atoms with van der Waals surface area (Å²) in [7, 11) is 0. The minimum absolute atomic E-state index is 0.0285. The molecule has 0 bridgehead atoms. The Morgan fingerprint density at radius 2 is 2.18 bits per heavy atom. The molecular weight excluding hydrogens is 238 g/mol. The van der Waals surface area contributed by atoms with Crippen LogP contribution in [0.1, 0.15) is 45.5 Å². The second kappa shape index (κ2) is 6.64. The fraction of sp³-hybridized carbons (Fsp3) is 0.727. The molecule has 0 radical (unpaired) electrons. The predicted molar refractivity (Wildman–Crippen MR) is 67.4 cm³/mol. The van der Waals surface area contributed by atoms with Crippen LogP contribution in [0.2, 0.25) is 0 Å². The zero-order valence-electron chi connectivity index (χ0n) is 10.5. The molecule has 0 spiro atoms. The number of aliphatic carboxylic acids is 1. The van der Waals surface area contributed by atoms with Crippen molar-refractivity contribution in [3.05, 3.63) is 5.82 Å². The molecule has 1 aromatic rings. The van der Waals surface area contributed by atoms with Gasteiger partial charge in [0.25, 0.3) is 0 Å². The summed E-state index contributed by atoms with van der Waals surface area (Å²) in [4.78, 5) is 10.6. The maximum atomic E-state index is 10.6. The third-order valence-corrected chi connectivity index (χ3v) is 3.45. The van der Waals surface area contributed by atoms with Crippen LogP contribution in [0.5, 0.6) is 0 Å². The summed E-state index contributed by atoms with van der Waals surface area (Å²) in [6.07, 6.45) is 2.95. The van der Waals surface area contributed by atoms with Gasteiger partial charge in [0.1, 0.15) is 5.82 Å². The van der Waals surface area contributed by atoms with Gasteiger partial charge in [-0.25, -0.2) is 0 Å². The lowest BCUT2D eigenvalue weighted by Crippen LogP contribution is -2.11. The minimum Gasteiger partial charge on any atom is -0.481 e. The number of aromatic nitrogens is 3. The SMILES string of the molecule is CCCC(C)n1c(CC)nnc1SCC(=O)O. The second-order valence-corrected chi connectivity index (χ2v) is 4.88. The third-order valence-electron chi connectivity index (χ3n) is 2.52. The maximum absolute atomic E-state index is 10.6. The number of carbonyl (C=O) groups is 1. The molecule has 0 aliphatic heterocycles. The van der Waals surface area contributed by atoms with Crippen LogP contribution >= 0.6 is 11.8 Å². The highest BCUT2D eigenvalue weighted by molar-refractivity contribution is 7.99. The van der Waals surface area contributed by atoms with Crippen LogP contribution in [-0.4, -0.2) is 31.6 Å². The zero-order valence-corrected chi connectivity index (χ0v) is 11.3. The maximum Gasteiger partial charge on any atom is 0.313 e. The predicted octanol–water partition coefficient (Wildman–Crippen LogP) is 2.38. The Morgan fingerprint density at radius 3 is 2.71 bits per heavy atom. The summed E-state index contributed by atoms with van der Waals surface area (Å²) in [6, 6.07) is 0.321. The molecule has 1 heterocycles. The van der Waals surface area contributed by atoms with Crippen LogP contribution in [0.15, 0.2) is 5.16 Å². The van der Waals surface area contributed by atoms with Gasteiger partial charge in [-0.1, -0.05) is 32.0 Å². The number of carboxylic acids is 1. The quantitative estimate of drug-likeness (QED) is 0.759. The highest BCUT2D eigenvalue weighted by atomic mass is 32.2.